The number of nitrogens with one attached hydrogen (secondary N) is 1. The molecule has 44 heavy (non-hydrogen) atoms. The van der Waals surface area contributed by atoms with Crippen LogP contribution in [-0.4, -0.2) is 123 Å². The Bertz CT molecular complexity index is 1280. The number of pyridine rings is 1. The zero-order chi connectivity index (χ0) is 30.8. The highest BCUT2D eigenvalue weighted by Crippen LogP contribution is 2.38. The number of ether oxygens (including phenoxy) is 3. The zero-order valence-electron chi connectivity index (χ0n) is 26.5. The maximum Gasteiger partial charge on any atom is 0.241 e. The number of amides is 1. The van der Waals surface area contributed by atoms with Gasteiger partial charge in [0.15, 0.2) is 0 Å². The molecule has 4 aliphatic heterocycles. The van der Waals surface area contributed by atoms with Crippen LogP contribution in [0.4, 0.5) is 15.9 Å². The van der Waals surface area contributed by atoms with Gasteiger partial charge >= 0.3 is 0 Å². The molecule has 0 bridgehead atoms. The molecule has 11 heteroatoms. The second kappa shape index (κ2) is 13.7. The molecule has 10 nitrogen and oxygen atoms in total. The number of hydrogen-bond donors (Lipinski definition) is 1. The summed E-state index contributed by atoms with van der Waals surface area (Å²) in [6, 6.07) is 9.71. The number of aromatic nitrogens is 1. The normalized spacial score (nSPS) is 28.4. The average Bonchev–Trinajstić information content (AvgIpc) is 3.01. The molecule has 1 aromatic carbocycles. The van der Waals surface area contributed by atoms with Crippen LogP contribution in [0.15, 0.2) is 30.3 Å². The van der Waals surface area contributed by atoms with E-state index in [4.69, 9.17) is 19.2 Å². The summed E-state index contributed by atoms with van der Waals surface area (Å²) in [5, 5.41) is 3.64. The Balaban J connectivity index is 1.27. The molecule has 6 rings (SSSR count). The van der Waals surface area contributed by atoms with E-state index in [2.05, 4.69) is 46.9 Å². The number of nitrogens with zero attached hydrogens (tertiary/aromatic N) is 5. The molecule has 2 aromatic rings. The number of rotatable bonds is 7. The average molecular weight is 611 g/mol. The molecule has 1 unspecified atom stereocenters. The number of halogens is 1. The lowest BCUT2D eigenvalue weighted by atomic mass is 10.0. The molecular weight excluding hydrogens is 563 g/mol. The second-order valence-corrected chi connectivity index (χ2v) is 12.9. The predicted molar refractivity (Wildman–Crippen MR) is 168 cm³/mol. The van der Waals surface area contributed by atoms with Crippen molar-refractivity contribution in [3.8, 4) is 5.88 Å². The lowest BCUT2D eigenvalue weighted by Crippen LogP contribution is -2.63. The molecule has 0 saturated carbocycles. The minimum absolute atomic E-state index is 0.0536. The van der Waals surface area contributed by atoms with Gasteiger partial charge < -0.3 is 29.3 Å². The van der Waals surface area contributed by atoms with Gasteiger partial charge in [0, 0.05) is 68.9 Å². The highest BCUT2D eigenvalue weighted by molar-refractivity contribution is 5.97. The van der Waals surface area contributed by atoms with Gasteiger partial charge in [-0.2, -0.15) is 4.98 Å². The summed E-state index contributed by atoms with van der Waals surface area (Å²) < 4.78 is 31.2. The van der Waals surface area contributed by atoms with Gasteiger partial charge in [-0.25, -0.2) is 4.39 Å². The topological polar surface area (TPSA) is 82.6 Å². The number of piperazine rings is 1. The fourth-order valence-electron chi connectivity index (χ4n) is 6.98. The van der Waals surface area contributed by atoms with Crippen molar-refractivity contribution in [2.24, 2.45) is 0 Å². The number of benzene rings is 1. The molecule has 4 aliphatic rings. The first-order valence-corrected chi connectivity index (χ1v) is 16.1. The lowest BCUT2D eigenvalue weighted by molar-refractivity contribution is -0.122. The van der Waals surface area contributed by atoms with Gasteiger partial charge in [0.1, 0.15) is 23.9 Å². The van der Waals surface area contributed by atoms with Crippen molar-refractivity contribution < 1.29 is 23.4 Å². The minimum Gasteiger partial charge on any atom is -0.474 e. The van der Waals surface area contributed by atoms with Crippen LogP contribution in [0.3, 0.4) is 0 Å². The van der Waals surface area contributed by atoms with Crippen LogP contribution < -0.4 is 19.9 Å². The SMILES string of the molecule is CC1COc2nc(N3CCOCC3)c(Cc3ccc(F)cc3)cc2N1C(=O)CN1C[C@@H](C)NC[C@@H]1CN1[C@H](C)COC[C@H]1C. The Hall–Kier alpha value is -2.83. The van der Waals surface area contributed by atoms with E-state index in [0.717, 1.165) is 62.9 Å². The van der Waals surface area contributed by atoms with Crippen molar-refractivity contribution in [3.05, 3.63) is 47.3 Å². The Kier molecular flexibility index (Phi) is 9.68. The number of carbonyl (C=O) groups excluding carboxylic acids is 1. The first-order chi connectivity index (χ1) is 21.3. The Morgan fingerprint density at radius 1 is 1.00 bits per heavy atom. The molecule has 1 aromatic heterocycles. The first kappa shape index (κ1) is 31.2. The number of morpholine rings is 2. The highest BCUT2D eigenvalue weighted by Gasteiger charge is 2.37. The molecule has 0 spiro atoms. The third-order valence-corrected chi connectivity index (χ3v) is 9.41. The fourth-order valence-corrected chi connectivity index (χ4v) is 6.98. The van der Waals surface area contributed by atoms with Crippen LogP contribution in [0.1, 0.15) is 38.8 Å². The van der Waals surface area contributed by atoms with Crippen molar-refractivity contribution >= 4 is 17.4 Å². The summed E-state index contributed by atoms with van der Waals surface area (Å²) >= 11 is 0. The Morgan fingerprint density at radius 2 is 1.73 bits per heavy atom. The van der Waals surface area contributed by atoms with Gasteiger partial charge in [-0.1, -0.05) is 12.1 Å². The van der Waals surface area contributed by atoms with Gasteiger partial charge in [-0.05, 0) is 51.5 Å². The van der Waals surface area contributed by atoms with Crippen molar-refractivity contribution in [2.45, 2.75) is 64.3 Å². The lowest BCUT2D eigenvalue weighted by Gasteiger charge is -2.46. The molecule has 3 fully saturated rings. The van der Waals surface area contributed by atoms with Crippen molar-refractivity contribution in [3.63, 3.8) is 0 Å². The van der Waals surface area contributed by atoms with Gasteiger partial charge in [0.2, 0.25) is 11.8 Å². The molecule has 1 N–H and O–H groups in total. The Labute approximate surface area is 260 Å². The maximum absolute atomic E-state index is 14.3. The van der Waals surface area contributed by atoms with E-state index in [0.29, 0.717) is 62.5 Å². The van der Waals surface area contributed by atoms with Gasteiger partial charge in [-0.15, -0.1) is 0 Å². The molecular formula is C33H47FN6O4. The molecule has 5 heterocycles. The van der Waals surface area contributed by atoms with Crippen molar-refractivity contribution in [1.29, 1.82) is 0 Å². The zero-order valence-corrected chi connectivity index (χ0v) is 26.5. The molecule has 0 radical (unpaired) electrons. The number of hydrogen-bond acceptors (Lipinski definition) is 9. The number of anilines is 2. The standard InChI is InChI=1S/C33H47FN6O4/c1-22-16-38(29(15-35-22)17-39-23(2)19-43-20-24(39)3)18-31(41)40-25(4)21-44-33-30(40)14-27(13-26-5-7-28(34)8-6-26)32(36-33)37-9-11-42-12-10-37/h5-8,14,22-25,29,35H,9-13,15-21H2,1-4H3/t22-,23-,24-,25?,29-/m1/s1. The van der Waals surface area contributed by atoms with E-state index in [1.165, 1.54) is 12.1 Å². The van der Waals surface area contributed by atoms with Crippen LogP contribution in [0.2, 0.25) is 0 Å². The van der Waals surface area contributed by atoms with E-state index < -0.39 is 0 Å². The van der Waals surface area contributed by atoms with Crippen LogP contribution in [0.5, 0.6) is 5.88 Å². The summed E-state index contributed by atoms with van der Waals surface area (Å²) in [6.45, 7) is 16.1. The summed E-state index contributed by atoms with van der Waals surface area (Å²) in [5.74, 6) is 1.12. The molecule has 0 aliphatic carbocycles. The largest absolute Gasteiger partial charge is 0.474 e. The molecule has 5 atom stereocenters. The van der Waals surface area contributed by atoms with Gasteiger partial charge in [0.25, 0.3) is 0 Å². The summed E-state index contributed by atoms with van der Waals surface area (Å²) in [7, 11) is 0. The monoisotopic (exact) mass is 610 g/mol. The van der Waals surface area contributed by atoms with E-state index in [1.807, 2.05) is 24.0 Å². The number of fused-ring (bicyclic) bond motifs is 1. The molecule has 240 valence electrons. The summed E-state index contributed by atoms with van der Waals surface area (Å²) in [4.78, 5) is 28.3. The van der Waals surface area contributed by atoms with Gasteiger partial charge in [-0.3, -0.25) is 14.6 Å². The smallest absolute Gasteiger partial charge is 0.241 e. The quantitative estimate of drug-likeness (QED) is 0.509. The minimum atomic E-state index is -0.261. The van der Waals surface area contributed by atoms with Gasteiger partial charge in [0.05, 0.1) is 39.0 Å². The summed E-state index contributed by atoms with van der Waals surface area (Å²) in [6.07, 6.45) is 0.566. The highest BCUT2D eigenvalue weighted by atomic mass is 19.1. The molecule has 1 amide bonds. The van der Waals surface area contributed by atoms with E-state index in [-0.39, 0.29) is 23.8 Å². The molecule has 3 saturated heterocycles. The summed E-state index contributed by atoms with van der Waals surface area (Å²) in [5.41, 5.74) is 2.67. The first-order valence-electron chi connectivity index (χ1n) is 16.1. The van der Waals surface area contributed by atoms with Crippen LogP contribution in [0.25, 0.3) is 0 Å². The second-order valence-electron chi connectivity index (χ2n) is 12.9. The Morgan fingerprint density at radius 3 is 2.45 bits per heavy atom. The van der Waals surface area contributed by atoms with Crippen molar-refractivity contribution in [1.82, 2.24) is 20.1 Å². The third kappa shape index (κ3) is 6.87. The third-order valence-electron chi connectivity index (χ3n) is 9.41. The van der Waals surface area contributed by atoms with E-state index in [1.54, 1.807) is 0 Å². The maximum atomic E-state index is 14.3. The van der Waals surface area contributed by atoms with Crippen LogP contribution >= 0.6 is 0 Å². The van der Waals surface area contributed by atoms with E-state index in [9.17, 15) is 9.18 Å². The van der Waals surface area contributed by atoms with Crippen LogP contribution in [-0.2, 0) is 20.7 Å². The van der Waals surface area contributed by atoms with E-state index >= 15 is 0 Å². The van der Waals surface area contributed by atoms with Crippen LogP contribution in [0, 0.1) is 5.82 Å². The fraction of sp³-hybridized carbons (Fsp3) is 0.636. The van der Waals surface area contributed by atoms with Crippen molar-refractivity contribution in [2.75, 3.05) is 82.1 Å². The number of carbonyl (C=O) groups is 1. The predicted octanol–water partition coefficient (Wildman–Crippen LogP) is 2.53.